The number of nitro groups is 1. The number of methoxy groups -OCH3 is 1. The standard InChI is InChI=1S/C22H22N4O4S/c1-30-18-8-6-16(7-9-18)21-23-17(15-31-21)14-24-10-12-25(13-11-24)22(27)19-4-2-3-5-20(19)26(28)29/h2-9,15H,10-14H2,1H3. The number of piperazine rings is 1. The quantitative estimate of drug-likeness (QED) is 0.431. The van der Waals surface area contributed by atoms with E-state index in [1.807, 2.05) is 24.3 Å². The lowest BCUT2D eigenvalue weighted by atomic mass is 10.1. The molecule has 0 unspecified atom stereocenters. The van der Waals surface area contributed by atoms with E-state index in [0.717, 1.165) is 22.0 Å². The Morgan fingerprint density at radius 1 is 1.13 bits per heavy atom. The minimum atomic E-state index is -0.508. The van der Waals surface area contributed by atoms with Crippen LogP contribution < -0.4 is 4.74 Å². The van der Waals surface area contributed by atoms with Gasteiger partial charge in [-0.1, -0.05) is 12.1 Å². The summed E-state index contributed by atoms with van der Waals surface area (Å²) in [5.74, 6) is 0.524. The highest BCUT2D eigenvalue weighted by Gasteiger charge is 2.27. The van der Waals surface area contributed by atoms with Gasteiger partial charge in [0.05, 0.1) is 17.7 Å². The highest BCUT2D eigenvalue weighted by atomic mass is 32.1. The van der Waals surface area contributed by atoms with Crippen LogP contribution in [0.25, 0.3) is 10.6 Å². The lowest BCUT2D eigenvalue weighted by Crippen LogP contribution is -2.48. The van der Waals surface area contributed by atoms with Crippen molar-refractivity contribution in [1.82, 2.24) is 14.8 Å². The number of rotatable bonds is 6. The Morgan fingerprint density at radius 2 is 1.84 bits per heavy atom. The second kappa shape index (κ2) is 9.23. The zero-order valence-corrected chi connectivity index (χ0v) is 17.9. The maximum Gasteiger partial charge on any atom is 0.282 e. The van der Waals surface area contributed by atoms with E-state index in [0.29, 0.717) is 32.7 Å². The maximum atomic E-state index is 12.8. The molecule has 4 rings (SSSR count). The summed E-state index contributed by atoms with van der Waals surface area (Å²) >= 11 is 1.60. The van der Waals surface area contributed by atoms with Gasteiger partial charge < -0.3 is 9.64 Å². The Balaban J connectivity index is 1.35. The SMILES string of the molecule is COc1ccc(-c2nc(CN3CCN(C(=O)c4ccccc4[N+](=O)[O-])CC3)cs2)cc1. The smallest absolute Gasteiger partial charge is 0.282 e. The first kappa shape index (κ1) is 21.0. The van der Waals surface area contributed by atoms with Gasteiger partial charge in [0, 0.05) is 49.7 Å². The fourth-order valence-electron chi connectivity index (χ4n) is 3.57. The minimum absolute atomic E-state index is 0.143. The van der Waals surface area contributed by atoms with E-state index in [1.54, 1.807) is 35.5 Å². The summed E-state index contributed by atoms with van der Waals surface area (Å²) in [6.45, 7) is 3.16. The molecule has 1 aliphatic heterocycles. The molecule has 160 valence electrons. The highest BCUT2D eigenvalue weighted by Crippen LogP contribution is 2.26. The maximum absolute atomic E-state index is 12.8. The first-order chi connectivity index (χ1) is 15.0. The van der Waals surface area contributed by atoms with Gasteiger partial charge in [0.25, 0.3) is 11.6 Å². The van der Waals surface area contributed by atoms with Crippen LogP contribution in [0.3, 0.4) is 0 Å². The molecule has 0 N–H and O–H groups in total. The normalized spacial score (nSPS) is 14.4. The number of benzene rings is 2. The van der Waals surface area contributed by atoms with Crippen molar-refractivity contribution in [3.8, 4) is 16.3 Å². The second-order valence-corrected chi connectivity index (χ2v) is 8.07. The molecular formula is C22H22N4O4S. The van der Waals surface area contributed by atoms with Gasteiger partial charge in [-0.25, -0.2) is 4.98 Å². The Kier molecular flexibility index (Phi) is 6.24. The monoisotopic (exact) mass is 438 g/mol. The van der Waals surface area contributed by atoms with E-state index in [4.69, 9.17) is 9.72 Å². The molecule has 0 atom stereocenters. The van der Waals surface area contributed by atoms with Crippen molar-refractivity contribution in [1.29, 1.82) is 0 Å². The third kappa shape index (κ3) is 4.73. The number of carbonyl (C=O) groups excluding carboxylic acids is 1. The van der Waals surface area contributed by atoms with Crippen LogP contribution in [0.4, 0.5) is 5.69 Å². The van der Waals surface area contributed by atoms with E-state index >= 15 is 0 Å². The highest BCUT2D eigenvalue weighted by molar-refractivity contribution is 7.13. The third-order valence-electron chi connectivity index (χ3n) is 5.26. The zero-order chi connectivity index (χ0) is 21.8. The lowest BCUT2D eigenvalue weighted by Gasteiger charge is -2.34. The van der Waals surface area contributed by atoms with Crippen molar-refractivity contribution in [2.75, 3.05) is 33.3 Å². The second-order valence-electron chi connectivity index (χ2n) is 7.22. The summed E-state index contributed by atoms with van der Waals surface area (Å²) in [5, 5.41) is 14.2. The number of hydrogen-bond donors (Lipinski definition) is 0. The van der Waals surface area contributed by atoms with Gasteiger partial charge in [0.1, 0.15) is 16.3 Å². The summed E-state index contributed by atoms with van der Waals surface area (Å²) in [4.78, 5) is 32.2. The molecule has 31 heavy (non-hydrogen) atoms. The van der Waals surface area contributed by atoms with Crippen LogP contribution in [0.1, 0.15) is 16.1 Å². The molecular weight excluding hydrogens is 416 g/mol. The third-order valence-corrected chi connectivity index (χ3v) is 6.21. The molecule has 3 aromatic rings. The van der Waals surface area contributed by atoms with Crippen LogP contribution in [0.15, 0.2) is 53.9 Å². The van der Waals surface area contributed by atoms with E-state index in [-0.39, 0.29) is 17.2 Å². The number of ether oxygens (including phenoxy) is 1. The number of aromatic nitrogens is 1. The van der Waals surface area contributed by atoms with Gasteiger partial charge in [0.15, 0.2) is 0 Å². The van der Waals surface area contributed by atoms with Crippen LogP contribution in [-0.2, 0) is 6.54 Å². The number of thiazole rings is 1. The summed E-state index contributed by atoms with van der Waals surface area (Å²) in [5.41, 5.74) is 2.04. The van der Waals surface area contributed by atoms with Crippen LogP contribution >= 0.6 is 11.3 Å². The lowest BCUT2D eigenvalue weighted by molar-refractivity contribution is -0.385. The summed E-state index contributed by atoms with van der Waals surface area (Å²) in [6, 6.07) is 13.9. The fourth-order valence-corrected chi connectivity index (χ4v) is 4.39. The molecule has 0 spiro atoms. The number of nitrogens with zero attached hydrogens (tertiary/aromatic N) is 4. The molecule has 2 aromatic carbocycles. The zero-order valence-electron chi connectivity index (χ0n) is 17.1. The average Bonchev–Trinajstić information content (AvgIpc) is 3.27. The predicted molar refractivity (Wildman–Crippen MR) is 118 cm³/mol. The number of hydrogen-bond acceptors (Lipinski definition) is 7. The van der Waals surface area contributed by atoms with Gasteiger partial charge in [-0.05, 0) is 30.3 Å². The van der Waals surface area contributed by atoms with E-state index in [1.165, 1.54) is 12.1 Å². The Bertz CT molecular complexity index is 1080. The van der Waals surface area contributed by atoms with Crippen molar-refractivity contribution in [3.63, 3.8) is 0 Å². The van der Waals surface area contributed by atoms with Crippen LogP contribution in [0, 0.1) is 10.1 Å². The van der Waals surface area contributed by atoms with Crippen molar-refractivity contribution >= 4 is 22.9 Å². The molecule has 0 saturated carbocycles. The summed E-state index contributed by atoms with van der Waals surface area (Å²) in [6.07, 6.45) is 0. The van der Waals surface area contributed by atoms with Crippen LogP contribution in [0.2, 0.25) is 0 Å². The molecule has 1 aliphatic rings. The number of carbonyl (C=O) groups is 1. The van der Waals surface area contributed by atoms with Gasteiger partial charge in [-0.2, -0.15) is 0 Å². The number of nitro benzene ring substituents is 1. The topological polar surface area (TPSA) is 88.8 Å². The molecule has 0 aliphatic carbocycles. The van der Waals surface area contributed by atoms with Crippen molar-refractivity contribution in [3.05, 3.63) is 75.3 Å². The van der Waals surface area contributed by atoms with Gasteiger partial charge in [0.2, 0.25) is 0 Å². The average molecular weight is 439 g/mol. The minimum Gasteiger partial charge on any atom is -0.497 e. The van der Waals surface area contributed by atoms with Crippen molar-refractivity contribution in [2.24, 2.45) is 0 Å². The molecule has 9 heteroatoms. The van der Waals surface area contributed by atoms with Crippen LogP contribution in [-0.4, -0.2) is 58.9 Å². The number of amides is 1. The predicted octanol–water partition coefficient (Wildman–Crippen LogP) is 3.68. The van der Waals surface area contributed by atoms with E-state index in [9.17, 15) is 14.9 Å². The van der Waals surface area contributed by atoms with Crippen molar-refractivity contribution in [2.45, 2.75) is 6.54 Å². The number of para-hydroxylation sites is 1. The molecule has 1 amide bonds. The Labute approximate surface area is 183 Å². The Hall–Kier alpha value is -3.30. The largest absolute Gasteiger partial charge is 0.497 e. The molecule has 0 radical (unpaired) electrons. The van der Waals surface area contributed by atoms with Gasteiger partial charge >= 0.3 is 0 Å². The molecule has 1 saturated heterocycles. The van der Waals surface area contributed by atoms with E-state index < -0.39 is 4.92 Å². The summed E-state index contributed by atoms with van der Waals surface area (Å²) < 4.78 is 5.20. The first-order valence-electron chi connectivity index (χ1n) is 9.89. The molecule has 2 heterocycles. The molecule has 1 aromatic heterocycles. The Morgan fingerprint density at radius 3 is 2.52 bits per heavy atom. The fraction of sp³-hybridized carbons (Fsp3) is 0.273. The van der Waals surface area contributed by atoms with Gasteiger partial charge in [-0.3, -0.25) is 19.8 Å². The summed E-state index contributed by atoms with van der Waals surface area (Å²) in [7, 11) is 1.64. The van der Waals surface area contributed by atoms with Gasteiger partial charge in [-0.15, -0.1) is 11.3 Å². The first-order valence-corrected chi connectivity index (χ1v) is 10.8. The van der Waals surface area contributed by atoms with E-state index in [2.05, 4.69) is 10.3 Å². The molecule has 0 bridgehead atoms. The molecule has 8 nitrogen and oxygen atoms in total. The molecule has 1 fully saturated rings. The van der Waals surface area contributed by atoms with Crippen LogP contribution in [0.5, 0.6) is 5.75 Å². The van der Waals surface area contributed by atoms with Crippen molar-refractivity contribution < 1.29 is 14.5 Å².